The largest absolute Gasteiger partial charge is 0.493 e. The van der Waals surface area contributed by atoms with Gasteiger partial charge in [0.2, 0.25) is 0 Å². The molecule has 0 radical (unpaired) electrons. The van der Waals surface area contributed by atoms with Gasteiger partial charge in [-0.3, -0.25) is 0 Å². The van der Waals surface area contributed by atoms with E-state index < -0.39 is 6.10 Å². The Morgan fingerprint density at radius 1 is 1.00 bits per heavy atom. The highest BCUT2D eigenvalue weighted by Crippen LogP contribution is 2.20. The van der Waals surface area contributed by atoms with Gasteiger partial charge in [-0.25, -0.2) is 0 Å². The van der Waals surface area contributed by atoms with E-state index in [0.29, 0.717) is 13.0 Å². The molecule has 0 aliphatic carbocycles. The Morgan fingerprint density at radius 2 is 1.63 bits per heavy atom. The molecule has 0 aliphatic heterocycles. The number of ether oxygens (including phenoxy) is 1. The first-order valence-corrected chi connectivity index (χ1v) is 6.59. The van der Waals surface area contributed by atoms with Crippen LogP contribution in [0.4, 0.5) is 0 Å². The molecule has 2 aromatic rings. The first-order valence-electron chi connectivity index (χ1n) is 6.59. The maximum Gasteiger partial charge on any atom is 0.119 e. The van der Waals surface area contributed by atoms with Crippen molar-refractivity contribution in [3.05, 3.63) is 65.2 Å². The van der Waals surface area contributed by atoms with Crippen LogP contribution in [-0.4, -0.2) is 11.7 Å². The van der Waals surface area contributed by atoms with Crippen LogP contribution in [0.2, 0.25) is 0 Å². The van der Waals surface area contributed by atoms with Crippen LogP contribution >= 0.6 is 0 Å². The molecule has 2 aromatic carbocycles. The minimum absolute atomic E-state index is 0.470. The summed E-state index contributed by atoms with van der Waals surface area (Å²) in [6.07, 6.45) is 0.125. The molecule has 1 N–H and O–H groups in total. The first kappa shape index (κ1) is 13.6. The number of hydrogen-bond donors (Lipinski definition) is 1. The van der Waals surface area contributed by atoms with Crippen molar-refractivity contribution in [2.75, 3.05) is 6.61 Å². The Balaban J connectivity index is 1.89. The minimum atomic E-state index is -0.470. The molecule has 1 atom stereocenters. The molecule has 1 unspecified atom stereocenters. The first-order chi connectivity index (χ1) is 9.15. The lowest BCUT2D eigenvalue weighted by atomic mass is 10.0. The van der Waals surface area contributed by atoms with Crippen molar-refractivity contribution in [2.24, 2.45) is 0 Å². The molecule has 0 heterocycles. The molecule has 0 saturated heterocycles. The molecule has 0 spiro atoms. The Bertz CT molecular complexity index is 500. The van der Waals surface area contributed by atoms with E-state index in [1.165, 1.54) is 11.1 Å². The Labute approximate surface area is 114 Å². The third-order valence-corrected chi connectivity index (χ3v) is 3.03. The molecule has 0 aromatic heterocycles. The normalized spacial score (nSPS) is 12.2. The molecular weight excluding hydrogens is 236 g/mol. The van der Waals surface area contributed by atoms with Gasteiger partial charge in [-0.05, 0) is 31.5 Å². The molecule has 0 aliphatic rings. The van der Waals surface area contributed by atoms with Crippen LogP contribution in [0.15, 0.2) is 48.5 Å². The predicted octanol–water partition coefficient (Wildman–Crippen LogP) is 3.81. The van der Waals surface area contributed by atoms with Crippen LogP contribution in [0.3, 0.4) is 0 Å². The monoisotopic (exact) mass is 256 g/mol. The van der Waals surface area contributed by atoms with E-state index in [1.807, 2.05) is 56.3 Å². The van der Waals surface area contributed by atoms with Gasteiger partial charge in [-0.1, -0.05) is 47.5 Å². The van der Waals surface area contributed by atoms with Crippen LogP contribution in [-0.2, 0) is 0 Å². The maximum atomic E-state index is 10.2. The number of benzene rings is 2. The van der Waals surface area contributed by atoms with Crippen molar-refractivity contribution in [3.8, 4) is 5.75 Å². The van der Waals surface area contributed by atoms with E-state index >= 15 is 0 Å². The van der Waals surface area contributed by atoms with Gasteiger partial charge >= 0.3 is 0 Å². The number of para-hydroxylation sites is 1. The van der Waals surface area contributed by atoms with E-state index in [2.05, 4.69) is 6.07 Å². The second-order valence-corrected chi connectivity index (χ2v) is 4.89. The average molecular weight is 256 g/mol. The molecule has 2 rings (SSSR count). The lowest BCUT2D eigenvalue weighted by Gasteiger charge is -2.13. The maximum absolute atomic E-state index is 10.2. The molecule has 19 heavy (non-hydrogen) atoms. The zero-order valence-electron chi connectivity index (χ0n) is 11.5. The SMILES string of the molecule is Cc1cc(C)cc(C(O)CCOc2ccccc2)c1. The molecule has 2 nitrogen and oxygen atoms in total. The Hall–Kier alpha value is -1.80. The zero-order valence-corrected chi connectivity index (χ0v) is 11.5. The predicted molar refractivity (Wildman–Crippen MR) is 77.4 cm³/mol. The number of hydrogen-bond acceptors (Lipinski definition) is 2. The van der Waals surface area contributed by atoms with Gasteiger partial charge in [-0.2, -0.15) is 0 Å². The van der Waals surface area contributed by atoms with Gasteiger partial charge in [0.1, 0.15) is 5.75 Å². The fraction of sp³-hybridized carbons (Fsp3) is 0.294. The fourth-order valence-electron chi connectivity index (χ4n) is 2.17. The van der Waals surface area contributed by atoms with E-state index in [4.69, 9.17) is 4.74 Å². The third kappa shape index (κ3) is 4.11. The summed E-state index contributed by atoms with van der Waals surface area (Å²) in [7, 11) is 0. The van der Waals surface area contributed by atoms with Crippen molar-refractivity contribution in [1.29, 1.82) is 0 Å². The van der Waals surface area contributed by atoms with Crippen molar-refractivity contribution in [1.82, 2.24) is 0 Å². The summed E-state index contributed by atoms with van der Waals surface area (Å²) in [4.78, 5) is 0. The molecule has 0 fully saturated rings. The highest BCUT2D eigenvalue weighted by Gasteiger charge is 2.08. The van der Waals surface area contributed by atoms with E-state index in [-0.39, 0.29) is 0 Å². The van der Waals surface area contributed by atoms with Crippen molar-refractivity contribution < 1.29 is 9.84 Å². The van der Waals surface area contributed by atoms with Crippen LogP contribution in [0.1, 0.15) is 29.2 Å². The van der Waals surface area contributed by atoms with E-state index in [0.717, 1.165) is 11.3 Å². The van der Waals surface area contributed by atoms with Gasteiger partial charge in [-0.15, -0.1) is 0 Å². The average Bonchev–Trinajstić information content (AvgIpc) is 2.38. The Morgan fingerprint density at radius 3 is 2.26 bits per heavy atom. The summed E-state index contributed by atoms with van der Waals surface area (Å²) >= 11 is 0. The molecular formula is C17H20O2. The highest BCUT2D eigenvalue weighted by molar-refractivity contribution is 5.30. The number of aliphatic hydroxyl groups excluding tert-OH is 1. The number of rotatable bonds is 5. The van der Waals surface area contributed by atoms with Crippen LogP contribution < -0.4 is 4.74 Å². The quantitative estimate of drug-likeness (QED) is 0.881. The van der Waals surface area contributed by atoms with Crippen molar-refractivity contribution in [3.63, 3.8) is 0 Å². The second kappa shape index (κ2) is 6.39. The number of aryl methyl sites for hydroxylation is 2. The van der Waals surface area contributed by atoms with Crippen molar-refractivity contribution in [2.45, 2.75) is 26.4 Å². The van der Waals surface area contributed by atoms with Gasteiger partial charge in [0.15, 0.2) is 0 Å². The van der Waals surface area contributed by atoms with Gasteiger partial charge in [0.05, 0.1) is 12.7 Å². The molecule has 2 heteroatoms. The summed E-state index contributed by atoms with van der Waals surface area (Å²) in [5, 5.41) is 10.2. The van der Waals surface area contributed by atoms with Crippen molar-refractivity contribution >= 4 is 0 Å². The topological polar surface area (TPSA) is 29.5 Å². The standard InChI is InChI=1S/C17H20O2/c1-13-10-14(2)12-15(11-13)17(18)8-9-19-16-6-4-3-5-7-16/h3-7,10-12,17-18H,8-9H2,1-2H3. The lowest BCUT2D eigenvalue weighted by molar-refractivity contribution is 0.140. The highest BCUT2D eigenvalue weighted by atomic mass is 16.5. The minimum Gasteiger partial charge on any atom is -0.493 e. The molecule has 0 bridgehead atoms. The van der Waals surface area contributed by atoms with Crippen LogP contribution in [0.25, 0.3) is 0 Å². The Kier molecular flexibility index (Phi) is 4.58. The molecule has 100 valence electrons. The van der Waals surface area contributed by atoms with Gasteiger partial charge < -0.3 is 9.84 Å². The third-order valence-electron chi connectivity index (χ3n) is 3.03. The summed E-state index contributed by atoms with van der Waals surface area (Å²) in [6, 6.07) is 15.8. The summed E-state index contributed by atoms with van der Waals surface area (Å²) in [6.45, 7) is 4.60. The summed E-state index contributed by atoms with van der Waals surface area (Å²) in [5.74, 6) is 0.843. The molecule has 0 saturated carbocycles. The zero-order chi connectivity index (χ0) is 13.7. The second-order valence-electron chi connectivity index (χ2n) is 4.89. The van der Waals surface area contributed by atoms with Gasteiger partial charge in [0, 0.05) is 6.42 Å². The van der Waals surface area contributed by atoms with E-state index in [9.17, 15) is 5.11 Å². The summed E-state index contributed by atoms with van der Waals surface area (Å²) in [5.41, 5.74) is 3.32. The van der Waals surface area contributed by atoms with E-state index in [1.54, 1.807) is 0 Å². The number of aliphatic hydroxyl groups is 1. The summed E-state index contributed by atoms with van der Waals surface area (Å²) < 4.78 is 5.60. The fourth-order valence-corrected chi connectivity index (χ4v) is 2.17. The smallest absolute Gasteiger partial charge is 0.119 e. The van der Waals surface area contributed by atoms with Crippen LogP contribution in [0, 0.1) is 13.8 Å². The molecule has 0 amide bonds. The lowest BCUT2D eigenvalue weighted by Crippen LogP contribution is -2.05. The van der Waals surface area contributed by atoms with Crippen LogP contribution in [0.5, 0.6) is 5.75 Å². The van der Waals surface area contributed by atoms with Gasteiger partial charge in [0.25, 0.3) is 0 Å².